The number of rotatable bonds is 6. The maximum atomic E-state index is 12.7. The molecule has 156 valence electrons. The molecule has 2 aromatic heterocycles. The molecule has 4 rings (SSSR count). The van der Waals surface area contributed by atoms with Crippen LogP contribution in [0.3, 0.4) is 0 Å². The second-order valence-electron chi connectivity index (χ2n) is 8.01. The van der Waals surface area contributed by atoms with Gasteiger partial charge in [0.15, 0.2) is 6.61 Å². The molecule has 30 heavy (non-hydrogen) atoms. The predicted molar refractivity (Wildman–Crippen MR) is 116 cm³/mol. The smallest absolute Gasteiger partial charge is 0.260 e. The Bertz CT molecular complexity index is 984. The number of aromatic nitrogens is 3. The van der Waals surface area contributed by atoms with Crippen LogP contribution < -0.4 is 4.74 Å². The van der Waals surface area contributed by atoms with Gasteiger partial charge >= 0.3 is 0 Å². The molecule has 0 radical (unpaired) electrons. The number of hydrogen-bond donors (Lipinski definition) is 0. The van der Waals surface area contributed by atoms with Gasteiger partial charge in [0.05, 0.1) is 0 Å². The molecule has 0 bridgehead atoms. The molecular formula is C24H28N4O2. The highest BCUT2D eigenvalue weighted by Gasteiger charge is 2.26. The lowest BCUT2D eigenvalue weighted by atomic mass is 9.94. The van der Waals surface area contributed by atoms with Crippen LogP contribution in [0.2, 0.25) is 0 Å². The number of pyridine rings is 1. The third-order valence-electron chi connectivity index (χ3n) is 5.49. The summed E-state index contributed by atoms with van der Waals surface area (Å²) in [7, 11) is 0. The molecule has 0 aliphatic carbocycles. The number of amides is 1. The number of carbonyl (C=O) groups is 1. The number of hydrogen-bond acceptors (Lipinski definition) is 4. The van der Waals surface area contributed by atoms with E-state index in [0.717, 1.165) is 42.5 Å². The molecule has 0 unspecified atom stereocenters. The van der Waals surface area contributed by atoms with Crippen molar-refractivity contribution in [2.75, 3.05) is 19.7 Å². The van der Waals surface area contributed by atoms with Crippen molar-refractivity contribution in [3.05, 3.63) is 72.4 Å². The minimum Gasteiger partial charge on any atom is -0.484 e. The molecule has 1 atom stereocenters. The number of ether oxygens (including phenoxy) is 1. The van der Waals surface area contributed by atoms with Crippen molar-refractivity contribution in [1.29, 1.82) is 0 Å². The first kappa shape index (κ1) is 20.1. The number of piperidine rings is 1. The highest BCUT2D eigenvalue weighted by molar-refractivity contribution is 5.78. The zero-order valence-corrected chi connectivity index (χ0v) is 17.6. The molecule has 6 heteroatoms. The average Bonchev–Trinajstić information content (AvgIpc) is 3.29. The molecule has 3 heterocycles. The van der Waals surface area contributed by atoms with Crippen LogP contribution in [-0.4, -0.2) is 45.0 Å². The Kier molecular flexibility index (Phi) is 6.12. The number of nitrogens with zero attached hydrogens (tertiary/aromatic N) is 4. The van der Waals surface area contributed by atoms with Crippen LogP contribution in [0.25, 0.3) is 5.82 Å². The Balaban J connectivity index is 1.44. The van der Waals surface area contributed by atoms with Crippen LogP contribution in [0.4, 0.5) is 0 Å². The Morgan fingerprint density at radius 3 is 2.80 bits per heavy atom. The maximum Gasteiger partial charge on any atom is 0.260 e. The van der Waals surface area contributed by atoms with E-state index < -0.39 is 0 Å². The summed E-state index contributed by atoms with van der Waals surface area (Å²) in [4.78, 5) is 24.0. The van der Waals surface area contributed by atoms with Gasteiger partial charge < -0.3 is 9.64 Å². The fraction of sp³-hybridized carbons (Fsp3) is 0.375. The second kappa shape index (κ2) is 9.11. The topological polar surface area (TPSA) is 60.2 Å². The van der Waals surface area contributed by atoms with Gasteiger partial charge in [0.1, 0.15) is 17.4 Å². The summed E-state index contributed by atoms with van der Waals surface area (Å²) in [5.41, 5.74) is 1.03. The lowest BCUT2D eigenvalue weighted by molar-refractivity contribution is -0.134. The molecule has 1 fully saturated rings. The summed E-state index contributed by atoms with van der Waals surface area (Å²) in [6.07, 6.45) is 5.77. The quantitative estimate of drug-likeness (QED) is 0.618. The fourth-order valence-electron chi connectivity index (χ4n) is 3.94. The van der Waals surface area contributed by atoms with E-state index in [4.69, 9.17) is 9.72 Å². The van der Waals surface area contributed by atoms with Crippen molar-refractivity contribution in [3.63, 3.8) is 0 Å². The van der Waals surface area contributed by atoms with Gasteiger partial charge in [-0.25, -0.2) is 9.97 Å². The zero-order valence-electron chi connectivity index (χ0n) is 17.6. The normalized spacial score (nSPS) is 16.6. The first-order valence-corrected chi connectivity index (χ1v) is 10.6. The largest absolute Gasteiger partial charge is 0.484 e. The molecule has 1 aliphatic heterocycles. The van der Waals surface area contributed by atoms with E-state index in [2.05, 4.69) is 24.9 Å². The van der Waals surface area contributed by atoms with E-state index in [1.165, 1.54) is 0 Å². The van der Waals surface area contributed by atoms with Gasteiger partial charge in [0, 0.05) is 43.0 Å². The third-order valence-corrected chi connectivity index (χ3v) is 5.49. The Morgan fingerprint density at radius 2 is 2.00 bits per heavy atom. The van der Waals surface area contributed by atoms with Crippen molar-refractivity contribution in [3.8, 4) is 11.6 Å². The number of carbonyl (C=O) groups excluding carboxylic acids is 1. The fourth-order valence-corrected chi connectivity index (χ4v) is 3.94. The summed E-state index contributed by atoms with van der Waals surface area (Å²) >= 11 is 0. The van der Waals surface area contributed by atoms with Crippen LogP contribution in [0, 0.1) is 0 Å². The van der Waals surface area contributed by atoms with Crippen LogP contribution in [0.5, 0.6) is 5.75 Å². The molecule has 0 spiro atoms. The highest BCUT2D eigenvalue weighted by atomic mass is 16.5. The van der Waals surface area contributed by atoms with Crippen LogP contribution >= 0.6 is 0 Å². The standard InChI is InChI=1S/C24H28N4O2/c1-18(2)24-25-13-15-28(24)22-12-6-11-21(26-22)19-8-7-14-27(16-19)23(29)17-30-20-9-4-3-5-10-20/h3-6,9-13,15,18-19H,7-8,14,16-17H2,1-2H3/t19-/m0/s1. The number of benzene rings is 1. The molecule has 1 aliphatic rings. The molecule has 0 saturated carbocycles. The van der Waals surface area contributed by atoms with Crippen molar-refractivity contribution < 1.29 is 9.53 Å². The summed E-state index contributed by atoms with van der Waals surface area (Å²) in [6, 6.07) is 15.6. The predicted octanol–water partition coefficient (Wildman–Crippen LogP) is 4.18. The molecule has 6 nitrogen and oxygen atoms in total. The minimum atomic E-state index is 0.0245. The van der Waals surface area contributed by atoms with E-state index in [1.807, 2.05) is 64.3 Å². The molecular weight excluding hydrogens is 376 g/mol. The first-order valence-electron chi connectivity index (χ1n) is 10.6. The lowest BCUT2D eigenvalue weighted by Gasteiger charge is -2.32. The van der Waals surface area contributed by atoms with E-state index >= 15 is 0 Å². The van der Waals surface area contributed by atoms with E-state index in [0.29, 0.717) is 12.5 Å². The lowest BCUT2D eigenvalue weighted by Crippen LogP contribution is -2.41. The second-order valence-corrected chi connectivity index (χ2v) is 8.01. The van der Waals surface area contributed by atoms with Gasteiger partial charge in [0.2, 0.25) is 0 Å². The summed E-state index contributed by atoms with van der Waals surface area (Å²) in [6.45, 7) is 5.77. The molecule has 1 aromatic carbocycles. The van der Waals surface area contributed by atoms with Crippen molar-refractivity contribution in [2.45, 2.75) is 38.5 Å². The third kappa shape index (κ3) is 4.53. The van der Waals surface area contributed by atoms with Crippen molar-refractivity contribution in [2.24, 2.45) is 0 Å². The van der Waals surface area contributed by atoms with Gasteiger partial charge in [-0.05, 0) is 37.1 Å². The van der Waals surface area contributed by atoms with Gasteiger partial charge in [-0.1, -0.05) is 38.1 Å². The van der Waals surface area contributed by atoms with Crippen LogP contribution in [0.15, 0.2) is 60.9 Å². The van der Waals surface area contributed by atoms with E-state index in [1.54, 1.807) is 0 Å². The van der Waals surface area contributed by atoms with Crippen LogP contribution in [-0.2, 0) is 4.79 Å². The SMILES string of the molecule is CC(C)c1nccn1-c1cccc([C@H]2CCCN(C(=O)COc3ccccc3)C2)n1. The van der Waals surface area contributed by atoms with Gasteiger partial charge in [0.25, 0.3) is 5.91 Å². The summed E-state index contributed by atoms with van der Waals surface area (Å²) in [5, 5.41) is 0. The van der Waals surface area contributed by atoms with Gasteiger partial charge in [-0.15, -0.1) is 0 Å². The Labute approximate surface area is 177 Å². The number of para-hydroxylation sites is 1. The van der Waals surface area contributed by atoms with E-state index in [9.17, 15) is 4.79 Å². The van der Waals surface area contributed by atoms with Gasteiger partial charge in [-0.3, -0.25) is 9.36 Å². The molecule has 1 amide bonds. The van der Waals surface area contributed by atoms with Gasteiger partial charge in [-0.2, -0.15) is 0 Å². The average molecular weight is 405 g/mol. The van der Waals surface area contributed by atoms with Crippen LogP contribution in [0.1, 0.15) is 50.0 Å². The first-order chi connectivity index (χ1) is 14.6. The molecule has 3 aromatic rings. The number of likely N-dealkylation sites (tertiary alicyclic amines) is 1. The highest BCUT2D eigenvalue weighted by Crippen LogP contribution is 2.27. The maximum absolute atomic E-state index is 12.7. The minimum absolute atomic E-state index is 0.0245. The zero-order chi connectivity index (χ0) is 20.9. The van der Waals surface area contributed by atoms with Crippen molar-refractivity contribution in [1.82, 2.24) is 19.4 Å². The Morgan fingerprint density at radius 1 is 1.17 bits per heavy atom. The monoisotopic (exact) mass is 404 g/mol. The molecule has 0 N–H and O–H groups in total. The summed E-state index contributed by atoms with van der Waals surface area (Å²) in [5.74, 6) is 3.16. The summed E-state index contributed by atoms with van der Waals surface area (Å²) < 4.78 is 7.70. The molecule has 1 saturated heterocycles. The number of imidazole rings is 1. The Hall–Kier alpha value is -3.15. The van der Waals surface area contributed by atoms with E-state index in [-0.39, 0.29) is 18.4 Å². The van der Waals surface area contributed by atoms with Crippen molar-refractivity contribution >= 4 is 5.91 Å².